The summed E-state index contributed by atoms with van der Waals surface area (Å²) < 4.78 is 13.6. The first-order valence-electron chi connectivity index (χ1n) is 11.5. The minimum absolute atomic E-state index is 0.110. The summed E-state index contributed by atoms with van der Waals surface area (Å²) in [5.74, 6) is 0.598. The predicted molar refractivity (Wildman–Crippen MR) is 126 cm³/mol. The Morgan fingerprint density at radius 2 is 2.12 bits per heavy atom. The Morgan fingerprint density at radius 1 is 1.24 bits per heavy atom. The number of hydrogen-bond donors (Lipinski definition) is 1. The molecule has 3 aromatic heterocycles. The van der Waals surface area contributed by atoms with Gasteiger partial charge < -0.3 is 19.2 Å². The first-order valence-corrected chi connectivity index (χ1v) is 11.5. The van der Waals surface area contributed by atoms with Gasteiger partial charge in [0.1, 0.15) is 5.69 Å². The minimum Gasteiger partial charge on any atom is -0.465 e. The Morgan fingerprint density at radius 3 is 2.82 bits per heavy atom. The molecule has 9 heteroatoms. The number of carboxylic acid groups (broad SMARTS) is 1. The first kappa shape index (κ1) is 22.1. The van der Waals surface area contributed by atoms with Crippen LogP contribution in [0.5, 0.6) is 0 Å². The lowest BCUT2D eigenvalue weighted by atomic mass is 9.97. The average Bonchev–Trinajstić information content (AvgIpc) is 3.51. The van der Waals surface area contributed by atoms with Crippen LogP contribution < -0.4 is 0 Å². The third-order valence-corrected chi connectivity index (χ3v) is 6.44. The van der Waals surface area contributed by atoms with Crippen molar-refractivity contribution in [2.24, 2.45) is 0 Å². The topological polar surface area (TPSA) is 107 Å². The fourth-order valence-corrected chi connectivity index (χ4v) is 4.50. The van der Waals surface area contributed by atoms with Crippen LogP contribution in [0.4, 0.5) is 4.79 Å². The van der Waals surface area contributed by atoms with E-state index in [4.69, 9.17) is 14.3 Å². The van der Waals surface area contributed by atoms with Crippen molar-refractivity contribution >= 4 is 17.0 Å². The van der Waals surface area contributed by atoms with Crippen LogP contribution in [0.25, 0.3) is 33.5 Å². The van der Waals surface area contributed by atoms with E-state index < -0.39 is 6.09 Å². The van der Waals surface area contributed by atoms with Gasteiger partial charge in [-0.15, -0.1) is 0 Å². The Labute approximate surface area is 197 Å². The number of fused-ring (bicyclic) bond motifs is 1. The smallest absolute Gasteiger partial charge is 0.407 e. The molecule has 1 aliphatic heterocycles. The van der Waals surface area contributed by atoms with Gasteiger partial charge in [-0.1, -0.05) is 6.07 Å². The number of pyridine rings is 1. The first-order chi connectivity index (χ1) is 16.6. The molecule has 0 spiro atoms. The van der Waals surface area contributed by atoms with Crippen molar-refractivity contribution < 1.29 is 19.1 Å². The second-order valence-corrected chi connectivity index (χ2v) is 8.48. The highest BCUT2D eigenvalue weighted by atomic mass is 16.5. The van der Waals surface area contributed by atoms with Gasteiger partial charge in [0.25, 0.3) is 0 Å². The second-order valence-electron chi connectivity index (χ2n) is 8.48. The Kier molecular flexibility index (Phi) is 6.02. The largest absolute Gasteiger partial charge is 0.465 e. The molecule has 0 saturated carbocycles. The van der Waals surface area contributed by atoms with Crippen molar-refractivity contribution in [2.75, 3.05) is 13.2 Å². The number of carbonyl (C=O) groups is 1. The van der Waals surface area contributed by atoms with E-state index >= 15 is 0 Å². The molecule has 1 aromatic carbocycles. The summed E-state index contributed by atoms with van der Waals surface area (Å²) >= 11 is 0. The van der Waals surface area contributed by atoms with Crippen LogP contribution in [-0.2, 0) is 11.3 Å². The lowest BCUT2D eigenvalue weighted by Crippen LogP contribution is -2.28. The lowest BCUT2D eigenvalue weighted by Gasteiger charge is -2.23. The third-order valence-electron chi connectivity index (χ3n) is 6.44. The number of rotatable bonds is 6. The van der Waals surface area contributed by atoms with Crippen LogP contribution in [0, 0.1) is 6.92 Å². The van der Waals surface area contributed by atoms with E-state index in [0.29, 0.717) is 24.5 Å². The van der Waals surface area contributed by atoms with Gasteiger partial charge in [0.15, 0.2) is 18.4 Å². The molecule has 1 atom stereocenters. The third kappa shape index (κ3) is 4.03. The molecule has 1 saturated heterocycles. The summed E-state index contributed by atoms with van der Waals surface area (Å²) in [6, 6.07) is 6.19. The molecule has 4 aromatic rings. The van der Waals surface area contributed by atoms with Crippen LogP contribution >= 0.6 is 0 Å². The standard InChI is InChI=1S/C25H27N5O4/c1-3-29(25(31)32)14-18-11-26-12-20(16(18)2)17-7-8-21-19(10-17)24(22-13-27-15-34-22)28-30(21)23-6-4-5-9-33-23/h7-8,10-13,15,23H,3-6,9,14H2,1-2H3,(H,31,32). The quantitative estimate of drug-likeness (QED) is 0.417. The van der Waals surface area contributed by atoms with Gasteiger partial charge in [0, 0.05) is 36.5 Å². The molecule has 1 amide bonds. The van der Waals surface area contributed by atoms with Gasteiger partial charge in [-0.25, -0.2) is 14.5 Å². The second kappa shape index (κ2) is 9.26. The molecule has 9 nitrogen and oxygen atoms in total. The molecule has 1 unspecified atom stereocenters. The lowest BCUT2D eigenvalue weighted by molar-refractivity contribution is -0.0365. The number of ether oxygens (including phenoxy) is 1. The number of nitrogens with zero attached hydrogens (tertiary/aromatic N) is 5. The predicted octanol–water partition coefficient (Wildman–Crippen LogP) is 5.26. The molecule has 5 rings (SSSR count). The van der Waals surface area contributed by atoms with Crippen molar-refractivity contribution in [1.29, 1.82) is 0 Å². The number of hydrogen-bond acceptors (Lipinski definition) is 6. The Bertz CT molecular complexity index is 1310. The molecule has 176 valence electrons. The monoisotopic (exact) mass is 461 g/mol. The van der Waals surface area contributed by atoms with Crippen LogP contribution in [0.2, 0.25) is 0 Å². The Balaban J connectivity index is 1.60. The maximum atomic E-state index is 11.5. The van der Waals surface area contributed by atoms with E-state index in [1.165, 1.54) is 11.3 Å². The minimum atomic E-state index is -0.942. The summed E-state index contributed by atoms with van der Waals surface area (Å²) in [6.07, 6.45) is 8.65. The van der Waals surface area contributed by atoms with Crippen molar-refractivity contribution in [3.05, 3.63) is 54.3 Å². The molecule has 34 heavy (non-hydrogen) atoms. The van der Waals surface area contributed by atoms with Crippen molar-refractivity contribution in [1.82, 2.24) is 24.6 Å². The van der Waals surface area contributed by atoms with E-state index in [1.807, 2.05) is 24.7 Å². The summed E-state index contributed by atoms with van der Waals surface area (Å²) in [6.45, 7) is 5.26. The van der Waals surface area contributed by atoms with E-state index in [9.17, 15) is 9.90 Å². The highest BCUT2D eigenvalue weighted by Crippen LogP contribution is 2.36. The summed E-state index contributed by atoms with van der Waals surface area (Å²) in [5, 5.41) is 15.2. The molecule has 0 radical (unpaired) electrons. The van der Waals surface area contributed by atoms with E-state index in [1.54, 1.807) is 12.4 Å². The van der Waals surface area contributed by atoms with Gasteiger partial charge in [0.2, 0.25) is 0 Å². The van der Waals surface area contributed by atoms with Gasteiger partial charge in [0.05, 0.1) is 18.3 Å². The fraction of sp³-hybridized carbons (Fsp3) is 0.360. The van der Waals surface area contributed by atoms with Crippen LogP contribution in [0.15, 0.2) is 47.6 Å². The number of oxazole rings is 1. The van der Waals surface area contributed by atoms with Crippen LogP contribution in [0.3, 0.4) is 0 Å². The zero-order valence-electron chi connectivity index (χ0n) is 19.3. The van der Waals surface area contributed by atoms with Gasteiger partial charge in [-0.05, 0) is 61.9 Å². The van der Waals surface area contributed by atoms with E-state index in [-0.39, 0.29) is 6.23 Å². The zero-order chi connectivity index (χ0) is 23.7. The summed E-state index contributed by atoms with van der Waals surface area (Å²) in [7, 11) is 0. The summed E-state index contributed by atoms with van der Waals surface area (Å²) in [5.41, 5.74) is 5.48. The number of benzene rings is 1. The van der Waals surface area contributed by atoms with Gasteiger partial charge in [-0.2, -0.15) is 5.10 Å². The van der Waals surface area contributed by atoms with Crippen molar-refractivity contribution in [2.45, 2.75) is 45.9 Å². The Hall–Kier alpha value is -3.72. The maximum Gasteiger partial charge on any atom is 0.407 e. The maximum absolute atomic E-state index is 11.5. The molecule has 1 N–H and O–H groups in total. The molecule has 4 heterocycles. The molecule has 0 bridgehead atoms. The van der Waals surface area contributed by atoms with Gasteiger partial charge in [-0.3, -0.25) is 4.98 Å². The van der Waals surface area contributed by atoms with Crippen LogP contribution in [0.1, 0.15) is 43.5 Å². The van der Waals surface area contributed by atoms with E-state index in [2.05, 4.69) is 28.2 Å². The number of aromatic nitrogens is 4. The molecule has 0 aliphatic carbocycles. The highest BCUT2D eigenvalue weighted by Gasteiger charge is 2.23. The van der Waals surface area contributed by atoms with E-state index in [0.717, 1.165) is 59.0 Å². The highest BCUT2D eigenvalue weighted by molar-refractivity contribution is 5.95. The summed E-state index contributed by atoms with van der Waals surface area (Å²) in [4.78, 5) is 21.4. The van der Waals surface area contributed by atoms with Crippen molar-refractivity contribution in [3.63, 3.8) is 0 Å². The van der Waals surface area contributed by atoms with Crippen molar-refractivity contribution in [3.8, 4) is 22.6 Å². The zero-order valence-corrected chi connectivity index (χ0v) is 19.3. The average molecular weight is 462 g/mol. The van der Waals surface area contributed by atoms with Gasteiger partial charge >= 0.3 is 6.09 Å². The normalized spacial score (nSPS) is 16.1. The van der Waals surface area contributed by atoms with Crippen LogP contribution in [-0.4, -0.2) is 49.0 Å². The number of amides is 1. The fourth-order valence-electron chi connectivity index (χ4n) is 4.50. The molecular formula is C25H27N5O4. The molecular weight excluding hydrogens is 434 g/mol. The molecule has 1 aliphatic rings. The SMILES string of the molecule is CCN(Cc1cncc(-c2ccc3c(c2)c(-c2cnco2)nn3C2CCCCO2)c1C)C(=O)O. The molecule has 1 fully saturated rings.